The van der Waals surface area contributed by atoms with E-state index >= 15 is 0 Å². The SMILES string of the molecule is NNc1nccc(NCCCS(N)(=O)=O)n1. The third kappa shape index (κ3) is 4.87. The summed E-state index contributed by atoms with van der Waals surface area (Å²) in [5, 5.41) is 7.78. The maximum Gasteiger partial charge on any atom is 0.239 e. The lowest BCUT2D eigenvalue weighted by Gasteiger charge is -2.05. The van der Waals surface area contributed by atoms with Crippen molar-refractivity contribution in [2.24, 2.45) is 11.0 Å². The van der Waals surface area contributed by atoms with Crippen LogP contribution in [0.15, 0.2) is 12.3 Å². The lowest BCUT2D eigenvalue weighted by molar-refractivity contribution is 0.595. The molecule has 0 atom stereocenters. The highest BCUT2D eigenvalue weighted by Crippen LogP contribution is 2.04. The van der Waals surface area contributed by atoms with Gasteiger partial charge in [0.25, 0.3) is 0 Å². The summed E-state index contributed by atoms with van der Waals surface area (Å²) in [5.41, 5.74) is 2.30. The van der Waals surface area contributed by atoms with Gasteiger partial charge in [-0.25, -0.2) is 24.4 Å². The predicted octanol–water partition coefficient (Wildman–Crippen LogP) is -1.15. The highest BCUT2D eigenvalue weighted by Gasteiger charge is 2.02. The van der Waals surface area contributed by atoms with Crippen LogP contribution < -0.4 is 21.7 Å². The van der Waals surface area contributed by atoms with Gasteiger partial charge in [0.05, 0.1) is 5.75 Å². The molecule has 6 N–H and O–H groups in total. The quantitative estimate of drug-likeness (QED) is 0.283. The Morgan fingerprint density at radius 3 is 2.81 bits per heavy atom. The van der Waals surface area contributed by atoms with Crippen molar-refractivity contribution < 1.29 is 8.42 Å². The molecule has 0 saturated heterocycles. The van der Waals surface area contributed by atoms with Crippen LogP contribution in [0.4, 0.5) is 11.8 Å². The predicted molar refractivity (Wildman–Crippen MR) is 60.9 cm³/mol. The Balaban J connectivity index is 2.37. The summed E-state index contributed by atoms with van der Waals surface area (Å²) in [6.07, 6.45) is 1.94. The summed E-state index contributed by atoms with van der Waals surface area (Å²) in [5.74, 6) is 5.92. The maximum absolute atomic E-state index is 10.6. The van der Waals surface area contributed by atoms with Gasteiger partial charge >= 0.3 is 0 Å². The van der Waals surface area contributed by atoms with Crippen LogP contribution in [0.25, 0.3) is 0 Å². The van der Waals surface area contributed by atoms with Gasteiger partial charge in [-0.15, -0.1) is 0 Å². The molecule has 0 aromatic carbocycles. The molecule has 9 heteroatoms. The van der Waals surface area contributed by atoms with E-state index in [0.717, 1.165) is 0 Å². The molecule has 0 bridgehead atoms. The number of nitrogens with zero attached hydrogens (tertiary/aromatic N) is 2. The number of rotatable bonds is 6. The largest absolute Gasteiger partial charge is 0.370 e. The fourth-order valence-corrected chi connectivity index (χ4v) is 1.56. The van der Waals surface area contributed by atoms with Crippen molar-refractivity contribution in [3.8, 4) is 0 Å². The van der Waals surface area contributed by atoms with Crippen LogP contribution in [0.1, 0.15) is 6.42 Å². The molecule has 1 rings (SSSR count). The van der Waals surface area contributed by atoms with E-state index in [4.69, 9.17) is 11.0 Å². The minimum absolute atomic E-state index is 0.0624. The summed E-state index contributed by atoms with van der Waals surface area (Å²) in [6.45, 7) is 0.456. The molecule has 0 fully saturated rings. The second-order valence-electron chi connectivity index (χ2n) is 3.06. The number of hydrogen-bond acceptors (Lipinski definition) is 7. The van der Waals surface area contributed by atoms with Gasteiger partial charge in [-0.2, -0.15) is 4.98 Å². The summed E-state index contributed by atoms with van der Waals surface area (Å²) >= 11 is 0. The van der Waals surface area contributed by atoms with Gasteiger partial charge in [0.15, 0.2) is 0 Å². The summed E-state index contributed by atoms with van der Waals surface area (Å²) in [4.78, 5) is 7.81. The number of nitrogens with one attached hydrogen (secondary N) is 2. The molecular weight excluding hydrogens is 232 g/mol. The molecule has 1 aromatic heterocycles. The van der Waals surface area contributed by atoms with Gasteiger partial charge in [0.2, 0.25) is 16.0 Å². The first kappa shape index (κ1) is 12.6. The van der Waals surface area contributed by atoms with Crippen molar-refractivity contribution in [2.45, 2.75) is 6.42 Å². The first-order valence-electron chi connectivity index (χ1n) is 4.55. The Kier molecular flexibility index (Phi) is 4.40. The third-order valence-corrected chi connectivity index (χ3v) is 2.55. The van der Waals surface area contributed by atoms with Gasteiger partial charge in [0, 0.05) is 12.7 Å². The zero-order chi connectivity index (χ0) is 12.0. The topological polar surface area (TPSA) is 136 Å². The molecule has 0 aliphatic rings. The maximum atomic E-state index is 10.6. The molecule has 0 aliphatic heterocycles. The Labute approximate surface area is 93.5 Å². The van der Waals surface area contributed by atoms with Crippen molar-refractivity contribution >= 4 is 21.8 Å². The number of anilines is 2. The third-order valence-electron chi connectivity index (χ3n) is 1.70. The van der Waals surface area contributed by atoms with Crippen molar-refractivity contribution in [3.63, 3.8) is 0 Å². The molecule has 16 heavy (non-hydrogen) atoms. The van der Waals surface area contributed by atoms with Gasteiger partial charge in [-0.1, -0.05) is 0 Å². The van der Waals surface area contributed by atoms with Crippen LogP contribution >= 0.6 is 0 Å². The van der Waals surface area contributed by atoms with Crippen LogP contribution in [0, 0.1) is 0 Å². The van der Waals surface area contributed by atoms with E-state index < -0.39 is 10.0 Å². The van der Waals surface area contributed by atoms with E-state index in [1.807, 2.05) is 0 Å². The van der Waals surface area contributed by atoms with Gasteiger partial charge in [-0.3, -0.25) is 5.43 Å². The molecule has 0 radical (unpaired) electrons. The minimum Gasteiger partial charge on any atom is -0.370 e. The van der Waals surface area contributed by atoms with Crippen LogP contribution in [-0.4, -0.2) is 30.7 Å². The normalized spacial score (nSPS) is 11.1. The molecule has 90 valence electrons. The number of aromatic nitrogens is 2. The first-order valence-corrected chi connectivity index (χ1v) is 6.27. The standard InChI is InChI=1S/C7H14N6O2S/c8-13-7-11-4-2-6(12-7)10-3-1-5-16(9,14)15/h2,4H,1,3,5,8H2,(H2,9,14,15)(H2,10,11,12,13). The fraction of sp³-hybridized carbons (Fsp3) is 0.429. The summed E-state index contributed by atoms with van der Waals surface area (Å²) < 4.78 is 21.3. The molecule has 1 aromatic rings. The molecule has 0 saturated carbocycles. The second kappa shape index (κ2) is 5.58. The molecule has 1 heterocycles. The first-order chi connectivity index (χ1) is 7.51. The number of primary sulfonamides is 1. The van der Waals surface area contributed by atoms with Crippen molar-refractivity contribution in [1.82, 2.24) is 9.97 Å². The van der Waals surface area contributed by atoms with E-state index in [2.05, 4.69) is 20.7 Å². The van der Waals surface area contributed by atoms with E-state index in [-0.39, 0.29) is 11.7 Å². The average molecular weight is 246 g/mol. The monoisotopic (exact) mass is 246 g/mol. The van der Waals surface area contributed by atoms with E-state index in [1.54, 1.807) is 6.07 Å². The van der Waals surface area contributed by atoms with Crippen LogP contribution in [0.3, 0.4) is 0 Å². The second-order valence-corrected chi connectivity index (χ2v) is 4.79. The van der Waals surface area contributed by atoms with Crippen LogP contribution in [0.2, 0.25) is 0 Å². The molecule has 0 amide bonds. The summed E-state index contributed by atoms with van der Waals surface area (Å²) in [7, 11) is -3.40. The van der Waals surface area contributed by atoms with Crippen LogP contribution in [0.5, 0.6) is 0 Å². The van der Waals surface area contributed by atoms with Gasteiger partial charge in [0.1, 0.15) is 5.82 Å². The Morgan fingerprint density at radius 1 is 1.44 bits per heavy atom. The zero-order valence-corrected chi connectivity index (χ0v) is 9.37. The zero-order valence-electron chi connectivity index (χ0n) is 8.55. The minimum atomic E-state index is -3.40. The molecule has 0 spiro atoms. The van der Waals surface area contributed by atoms with Crippen molar-refractivity contribution in [2.75, 3.05) is 23.0 Å². The van der Waals surface area contributed by atoms with Gasteiger partial charge < -0.3 is 5.32 Å². The van der Waals surface area contributed by atoms with E-state index in [9.17, 15) is 8.42 Å². The molecule has 8 nitrogen and oxygen atoms in total. The Hall–Kier alpha value is -1.45. The highest BCUT2D eigenvalue weighted by molar-refractivity contribution is 7.89. The molecular formula is C7H14N6O2S. The van der Waals surface area contributed by atoms with Crippen molar-refractivity contribution in [1.29, 1.82) is 0 Å². The van der Waals surface area contributed by atoms with E-state index in [0.29, 0.717) is 18.8 Å². The summed E-state index contributed by atoms with van der Waals surface area (Å²) in [6, 6.07) is 1.65. The Morgan fingerprint density at radius 2 is 2.19 bits per heavy atom. The average Bonchev–Trinajstić information content (AvgIpc) is 2.23. The van der Waals surface area contributed by atoms with E-state index in [1.165, 1.54) is 6.20 Å². The number of sulfonamides is 1. The number of nitrogen functional groups attached to an aromatic ring is 1. The molecule has 0 aliphatic carbocycles. The van der Waals surface area contributed by atoms with Gasteiger partial charge in [-0.05, 0) is 12.5 Å². The highest BCUT2D eigenvalue weighted by atomic mass is 32.2. The Bertz CT molecular complexity index is 434. The lowest BCUT2D eigenvalue weighted by atomic mass is 10.4. The van der Waals surface area contributed by atoms with Crippen LogP contribution in [-0.2, 0) is 10.0 Å². The number of hydrogen-bond donors (Lipinski definition) is 4. The lowest BCUT2D eigenvalue weighted by Crippen LogP contribution is -2.19. The fourth-order valence-electron chi connectivity index (χ4n) is 1.02. The number of hydrazine groups is 1. The number of nitrogens with two attached hydrogens (primary N) is 2. The smallest absolute Gasteiger partial charge is 0.239 e. The van der Waals surface area contributed by atoms with Crippen molar-refractivity contribution in [3.05, 3.63) is 12.3 Å². The molecule has 0 unspecified atom stereocenters.